The van der Waals surface area contributed by atoms with E-state index in [-0.39, 0.29) is 0 Å². The first kappa shape index (κ1) is 19.1. The number of nitrogens with one attached hydrogen (secondary N) is 1. The first-order valence-electron chi connectivity index (χ1n) is 9.89. The molecule has 4 bridgehead atoms. The summed E-state index contributed by atoms with van der Waals surface area (Å²) < 4.78 is 15.9. The molecule has 6 rings (SSSR count). The monoisotopic (exact) mass is 544 g/mol. The molecule has 10 heteroatoms. The van der Waals surface area contributed by atoms with Crippen molar-refractivity contribution in [1.82, 2.24) is 29.5 Å². The van der Waals surface area contributed by atoms with Gasteiger partial charge in [-0.3, -0.25) is 5.10 Å². The Morgan fingerprint density at radius 1 is 1.06 bits per heavy atom. The molecule has 0 radical (unpaired) electrons. The van der Waals surface area contributed by atoms with Crippen molar-refractivity contribution in [1.29, 1.82) is 0 Å². The fourth-order valence-electron chi connectivity index (χ4n) is 4.00. The van der Waals surface area contributed by atoms with Crippen LogP contribution in [0, 0.1) is 0 Å². The molecule has 156 valence electrons. The third kappa shape index (κ3) is 3.10. The summed E-state index contributed by atoms with van der Waals surface area (Å²) >= 11 is 2.37. The second-order valence-electron chi connectivity index (χ2n) is 7.40. The van der Waals surface area contributed by atoms with Crippen LogP contribution in [0.4, 0.5) is 0 Å². The van der Waals surface area contributed by atoms with Gasteiger partial charge < -0.3 is 9.47 Å². The Hall–Kier alpha value is -2.65. The van der Waals surface area contributed by atoms with Crippen LogP contribution in [0.3, 0.4) is 0 Å². The molecule has 2 aromatic carbocycles. The highest BCUT2D eigenvalue weighted by Crippen LogP contribution is 2.39. The Labute approximate surface area is 192 Å². The molecule has 0 saturated carbocycles. The van der Waals surface area contributed by atoms with E-state index in [2.05, 4.69) is 72.1 Å². The fraction of sp³-hybridized carbons (Fsp3) is 0.190. The normalized spacial score (nSPS) is 14.1. The van der Waals surface area contributed by atoms with Gasteiger partial charge in [-0.25, -0.2) is 9.13 Å². The Bertz CT molecular complexity index is 1440. The van der Waals surface area contributed by atoms with E-state index >= 15 is 0 Å². The first-order chi connectivity index (χ1) is 15.2. The summed E-state index contributed by atoms with van der Waals surface area (Å²) in [6.07, 6.45) is 3.10. The fourth-order valence-corrected chi connectivity index (χ4v) is 5.53. The van der Waals surface area contributed by atoms with Gasteiger partial charge in [-0.2, -0.15) is 10.2 Å². The number of halogens is 1. The molecule has 8 nitrogen and oxygen atoms in total. The number of ether oxygens (including phenoxy) is 2. The minimum atomic E-state index is 0.500. The van der Waals surface area contributed by atoms with Gasteiger partial charge in [-0.05, 0) is 51.9 Å². The van der Waals surface area contributed by atoms with Crippen LogP contribution in [-0.4, -0.2) is 42.7 Å². The molecule has 0 aliphatic carbocycles. The van der Waals surface area contributed by atoms with Crippen molar-refractivity contribution in [2.75, 3.05) is 13.2 Å². The van der Waals surface area contributed by atoms with Gasteiger partial charge in [0.25, 0.3) is 0 Å². The second kappa shape index (κ2) is 7.49. The average Bonchev–Trinajstić information content (AvgIpc) is 3.47. The molecule has 4 heterocycles. The summed E-state index contributed by atoms with van der Waals surface area (Å²) in [5.41, 5.74) is 6.05. The average molecular weight is 544 g/mol. The zero-order valence-electron chi connectivity index (χ0n) is 16.6. The Morgan fingerprint density at radius 3 is 2.81 bits per heavy atom. The van der Waals surface area contributed by atoms with Crippen LogP contribution in [0.5, 0.6) is 11.8 Å². The van der Waals surface area contributed by atoms with Crippen molar-refractivity contribution in [3.05, 3.63) is 42.6 Å². The summed E-state index contributed by atoms with van der Waals surface area (Å²) in [5.74, 6) is 1.36. The van der Waals surface area contributed by atoms with Crippen molar-refractivity contribution in [2.24, 2.45) is 7.05 Å². The molecule has 1 aliphatic heterocycles. The number of H-pyrrole nitrogens is 1. The maximum Gasteiger partial charge on any atom is 0.240 e. The van der Waals surface area contributed by atoms with Crippen LogP contribution in [0.15, 0.2) is 42.6 Å². The summed E-state index contributed by atoms with van der Waals surface area (Å²) in [6.45, 7) is 1.04. The summed E-state index contributed by atoms with van der Waals surface area (Å²) in [7, 11) is 1.90. The maximum atomic E-state index is 6.10. The van der Waals surface area contributed by atoms with Crippen LogP contribution in [0.2, 0.25) is 0 Å². The number of rotatable bonds is 1. The lowest BCUT2D eigenvalue weighted by Crippen LogP contribution is -2.08. The lowest BCUT2D eigenvalue weighted by Gasteiger charge is -2.10. The molecule has 1 atom stereocenters. The third-order valence-corrected chi connectivity index (χ3v) is 7.39. The van der Waals surface area contributed by atoms with Crippen molar-refractivity contribution in [3.63, 3.8) is 0 Å². The van der Waals surface area contributed by atoms with Crippen molar-refractivity contribution in [3.8, 4) is 34.1 Å². The number of aryl methyl sites for hydroxylation is 1. The van der Waals surface area contributed by atoms with Gasteiger partial charge in [0.1, 0.15) is 5.69 Å². The topological polar surface area (TPSA) is 82.8 Å². The van der Waals surface area contributed by atoms with E-state index in [9.17, 15) is 0 Å². The Kier molecular flexibility index (Phi) is 4.61. The van der Waals surface area contributed by atoms with Gasteiger partial charge in [0.05, 0.1) is 47.8 Å². The van der Waals surface area contributed by atoms with Crippen LogP contribution >= 0.6 is 28.4 Å². The molecular formula is C21H18IN6O2P. The standard InChI is InChI=1S/C21H18IN6O2P/c1-27-21-16(11-23-27)12-4-6-18-15(9-12)19(26-28(18)31-22)13-3-5-17-14(10-13)20(25-24-17)29-7-2-8-30-21/h3-6,9-11,31H,2,7-8H2,1H3,(H,24,25). The molecule has 3 aromatic heterocycles. The van der Waals surface area contributed by atoms with E-state index in [4.69, 9.17) is 14.6 Å². The van der Waals surface area contributed by atoms with Crippen LogP contribution < -0.4 is 9.47 Å². The van der Waals surface area contributed by atoms with Gasteiger partial charge in [-0.15, -0.1) is 5.10 Å². The zero-order chi connectivity index (χ0) is 20.9. The molecule has 0 fully saturated rings. The number of hydrogen-bond acceptors (Lipinski definition) is 5. The SMILES string of the molecule is Cn1ncc2c1OCCCOc1n[nH]c3ccc(cc13)-c1nn(PI)c3ccc-2cc13. The van der Waals surface area contributed by atoms with E-state index in [1.54, 1.807) is 4.68 Å². The number of aromatic amines is 1. The lowest BCUT2D eigenvalue weighted by atomic mass is 10.0. The van der Waals surface area contributed by atoms with Gasteiger partial charge in [-0.1, -0.05) is 12.1 Å². The summed E-state index contributed by atoms with van der Waals surface area (Å²) in [6, 6.07) is 12.7. The predicted molar refractivity (Wildman–Crippen MR) is 130 cm³/mol. The quantitative estimate of drug-likeness (QED) is 0.239. The van der Waals surface area contributed by atoms with E-state index < -0.39 is 0 Å². The molecule has 1 aliphatic rings. The smallest absolute Gasteiger partial charge is 0.240 e. The second-order valence-corrected chi connectivity index (χ2v) is 9.44. The molecular weight excluding hydrogens is 526 g/mol. The molecule has 1 unspecified atom stereocenters. The Balaban J connectivity index is 1.63. The molecule has 0 saturated heterocycles. The highest BCUT2D eigenvalue weighted by atomic mass is 127. The Morgan fingerprint density at radius 2 is 1.90 bits per heavy atom. The number of fused-ring (bicyclic) bond motifs is 5. The highest BCUT2D eigenvalue weighted by molar-refractivity contribution is 14.2. The number of nitrogens with zero attached hydrogens (tertiary/aromatic N) is 5. The van der Waals surface area contributed by atoms with E-state index in [0.717, 1.165) is 56.5 Å². The van der Waals surface area contributed by atoms with Gasteiger partial charge in [0.2, 0.25) is 11.8 Å². The number of benzene rings is 2. The largest absolute Gasteiger partial charge is 0.477 e. The summed E-state index contributed by atoms with van der Waals surface area (Å²) in [5, 5.41) is 18.8. The maximum absolute atomic E-state index is 6.10. The molecule has 1 N–H and O–H groups in total. The van der Waals surface area contributed by atoms with Crippen LogP contribution in [0.1, 0.15) is 6.42 Å². The van der Waals surface area contributed by atoms with E-state index in [1.165, 1.54) is 0 Å². The van der Waals surface area contributed by atoms with Crippen LogP contribution in [0.25, 0.3) is 44.2 Å². The zero-order valence-corrected chi connectivity index (χ0v) is 19.8. The summed E-state index contributed by atoms with van der Waals surface area (Å²) in [4.78, 5) is 0. The minimum Gasteiger partial charge on any atom is -0.477 e. The number of hydrogen-bond donors (Lipinski definition) is 1. The van der Waals surface area contributed by atoms with Crippen LogP contribution in [-0.2, 0) is 7.05 Å². The van der Waals surface area contributed by atoms with Crippen molar-refractivity contribution >= 4 is 50.2 Å². The molecule has 0 amide bonds. The van der Waals surface area contributed by atoms with Gasteiger partial charge in [0, 0.05) is 24.4 Å². The lowest BCUT2D eigenvalue weighted by molar-refractivity contribution is 0.233. The molecule has 0 spiro atoms. The highest BCUT2D eigenvalue weighted by Gasteiger charge is 2.19. The van der Waals surface area contributed by atoms with Crippen molar-refractivity contribution in [2.45, 2.75) is 6.42 Å². The third-order valence-electron chi connectivity index (χ3n) is 5.52. The van der Waals surface area contributed by atoms with Gasteiger partial charge in [0.15, 0.2) is 0 Å². The molecule has 31 heavy (non-hydrogen) atoms. The van der Waals surface area contributed by atoms with E-state index in [1.807, 2.05) is 19.3 Å². The molecule has 5 aromatic rings. The van der Waals surface area contributed by atoms with Crippen molar-refractivity contribution < 1.29 is 9.47 Å². The predicted octanol–water partition coefficient (Wildman–Crippen LogP) is 4.93. The number of aromatic nitrogens is 6. The minimum absolute atomic E-state index is 0.500. The van der Waals surface area contributed by atoms with E-state index in [0.29, 0.717) is 25.5 Å². The van der Waals surface area contributed by atoms with Gasteiger partial charge >= 0.3 is 0 Å². The first-order valence-corrected chi connectivity index (χ1v) is 13.9.